The summed E-state index contributed by atoms with van der Waals surface area (Å²) in [4.78, 5) is 9.97. The number of anilines is 1. The van der Waals surface area contributed by atoms with Gasteiger partial charge in [-0.1, -0.05) is 19.9 Å². The molecule has 2 heterocycles. The lowest BCUT2D eigenvalue weighted by Gasteiger charge is -2.39. The summed E-state index contributed by atoms with van der Waals surface area (Å²) in [5.41, 5.74) is 0.983. The number of nitrogens with zero attached hydrogens (tertiary/aromatic N) is 4. The largest absolute Gasteiger partial charge is 0.454 e. The van der Waals surface area contributed by atoms with Gasteiger partial charge in [-0.2, -0.15) is 10.2 Å². The van der Waals surface area contributed by atoms with Gasteiger partial charge in [0.25, 0.3) is 0 Å². The van der Waals surface area contributed by atoms with Crippen molar-refractivity contribution in [3.05, 3.63) is 41.6 Å². The van der Waals surface area contributed by atoms with Crippen LogP contribution in [0.3, 0.4) is 0 Å². The van der Waals surface area contributed by atoms with Crippen LogP contribution in [0.5, 0.6) is 11.5 Å². The molecule has 0 N–H and O–H groups in total. The molecule has 1 fully saturated rings. The predicted molar refractivity (Wildman–Crippen MR) is 106 cm³/mol. The van der Waals surface area contributed by atoms with Gasteiger partial charge in [-0.25, -0.2) is 9.37 Å². The van der Waals surface area contributed by atoms with Gasteiger partial charge in [0.1, 0.15) is 6.07 Å². The molecule has 1 aliphatic carbocycles. The van der Waals surface area contributed by atoms with Crippen LogP contribution in [-0.2, 0) is 6.54 Å². The van der Waals surface area contributed by atoms with Crippen LogP contribution < -0.4 is 14.4 Å². The van der Waals surface area contributed by atoms with Gasteiger partial charge in [-0.3, -0.25) is 0 Å². The Hall–Kier alpha value is -2.88. The summed E-state index contributed by atoms with van der Waals surface area (Å²) in [6.45, 7) is 5.22. The minimum atomic E-state index is -0.504. The van der Waals surface area contributed by atoms with Gasteiger partial charge in [0, 0.05) is 12.6 Å². The standard InChI is InChI=1S/C22H25FN4O2/c1-14(2)16-4-6-17(7-5-16)27(22-18(23)11-25-21(10-24)26-22)12-15-3-8-19-20(9-15)29-13-28-19/h3,8-9,11,14,16-17H,4-7,12-13H2,1-2H3. The lowest BCUT2D eigenvalue weighted by atomic mass is 9.79. The van der Waals surface area contributed by atoms with Gasteiger partial charge in [-0.05, 0) is 55.2 Å². The second-order valence-corrected chi connectivity index (χ2v) is 8.11. The monoisotopic (exact) mass is 396 g/mol. The number of ether oxygens (including phenoxy) is 2. The van der Waals surface area contributed by atoms with Gasteiger partial charge in [0.15, 0.2) is 23.1 Å². The first-order valence-corrected chi connectivity index (χ1v) is 10.1. The van der Waals surface area contributed by atoms with E-state index in [4.69, 9.17) is 9.47 Å². The number of halogens is 1. The third-order valence-electron chi connectivity index (χ3n) is 6.01. The number of hydrogen-bond acceptors (Lipinski definition) is 6. The van der Waals surface area contributed by atoms with Crippen molar-refractivity contribution >= 4 is 5.82 Å². The fourth-order valence-corrected chi connectivity index (χ4v) is 4.31. The van der Waals surface area contributed by atoms with Gasteiger partial charge < -0.3 is 14.4 Å². The van der Waals surface area contributed by atoms with Crippen molar-refractivity contribution in [2.24, 2.45) is 11.8 Å². The van der Waals surface area contributed by atoms with Crippen molar-refractivity contribution in [3.63, 3.8) is 0 Å². The Morgan fingerprint density at radius 2 is 1.97 bits per heavy atom. The molecule has 1 aliphatic heterocycles. The van der Waals surface area contributed by atoms with E-state index < -0.39 is 5.82 Å². The third kappa shape index (κ3) is 4.12. The first-order valence-electron chi connectivity index (χ1n) is 10.1. The summed E-state index contributed by atoms with van der Waals surface area (Å²) in [7, 11) is 0. The highest BCUT2D eigenvalue weighted by atomic mass is 19.1. The average Bonchev–Trinajstić information content (AvgIpc) is 3.20. The van der Waals surface area contributed by atoms with Crippen LogP contribution in [0.1, 0.15) is 50.9 Å². The van der Waals surface area contributed by atoms with Crippen LogP contribution in [0, 0.1) is 29.0 Å². The van der Waals surface area contributed by atoms with Crippen LogP contribution in [-0.4, -0.2) is 22.8 Å². The first-order chi connectivity index (χ1) is 14.0. The topological polar surface area (TPSA) is 71.3 Å². The van der Waals surface area contributed by atoms with E-state index in [-0.39, 0.29) is 24.5 Å². The van der Waals surface area contributed by atoms with Crippen LogP contribution in [0.4, 0.5) is 10.2 Å². The van der Waals surface area contributed by atoms with Crippen LogP contribution in [0.25, 0.3) is 0 Å². The van der Waals surface area contributed by atoms with E-state index in [1.807, 2.05) is 29.2 Å². The SMILES string of the molecule is CC(C)C1CCC(N(Cc2ccc3c(c2)OCO3)c2nc(C#N)ncc2F)CC1. The van der Waals surface area contributed by atoms with Crippen LogP contribution in [0.15, 0.2) is 24.4 Å². The second-order valence-electron chi connectivity index (χ2n) is 8.11. The van der Waals surface area contributed by atoms with Crippen molar-refractivity contribution in [3.8, 4) is 17.6 Å². The Kier molecular flexibility index (Phi) is 5.52. The molecule has 2 aliphatic rings. The van der Waals surface area contributed by atoms with E-state index >= 15 is 0 Å². The molecule has 0 spiro atoms. The van der Waals surface area contributed by atoms with E-state index in [2.05, 4.69) is 23.8 Å². The Morgan fingerprint density at radius 1 is 1.21 bits per heavy atom. The van der Waals surface area contributed by atoms with Crippen LogP contribution >= 0.6 is 0 Å². The quantitative estimate of drug-likeness (QED) is 0.744. The molecule has 4 rings (SSSR count). The Labute approximate surface area is 170 Å². The number of rotatable bonds is 5. The van der Waals surface area contributed by atoms with E-state index in [9.17, 15) is 9.65 Å². The number of aromatic nitrogens is 2. The normalized spacial score (nSPS) is 20.5. The molecular weight excluding hydrogens is 371 g/mol. The minimum absolute atomic E-state index is 0.0204. The highest BCUT2D eigenvalue weighted by molar-refractivity contribution is 5.48. The zero-order chi connectivity index (χ0) is 20.4. The Bertz CT molecular complexity index is 920. The second kappa shape index (κ2) is 8.24. The zero-order valence-corrected chi connectivity index (χ0v) is 16.8. The highest BCUT2D eigenvalue weighted by Gasteiger charge is 2.30. The van der Waals surface area contributed by atoms with E-state index in [0.29, 0.717) is 24.1 Å². The molecule has 7 heteroatoms. The zero-order valence-electron chi connectivity index (χ0n) is 16.8. The predicted octanol–water partition coefficient (Wildman–Crippen LogP) is 4.44. The van der Waals surface area contributed by atoms with E-state index in [0.717, 1.165) is 43.2 Å². The Morgan fingerprint density at radius 3 is 2.69 bits per heavy atom. The summed E-state index contributed by atoms with van der Waals surface area (Å²) in [5.74, 6) is 2.44. The molecule has 0 bridgehead atoms. The molecule has 1 aromatic heterocycles. The molecule has 152 valence electrons. The van der Waals surface area contributed by atoms with Gasteiger partial charge in [-0.15, -0.1) is 0 Å². The lowest BCUT2D eigenvalue weighted by molar-refractivity contribution is 0.174. The molecule has 0 unspecified atom stereocenters. The molecule has 0 atom stereocenters. The van der Waals surface area contributed by atoms with Gasteiger partial charge in [0.05, 0.1) is 6.20 Å². The molecule has 29 heavy (non-hydrogen) atoms. The summed E-state index contributed by atoms with van der Waals surface area (Å²) in [5, 5.41) is 9.19. The van der Waals surface area contributed by atoms with Crippen molar-refractivity contribution < 1.29 is 13.9 Å². The average molecular weight is 396 g/mol. The fourth-order valence-electron chi connectivity index (χ4n) is 4.31. The molecule has 6 nitrogen and oxygen atoms in total. The molecule has 1 saturated carbocycles. The molecular formula is C22H25FN4O2. The Balaban J connectivity index is 1.63. The third-order valence-corrected chi connectivity index (χ3v) is 6.01. The van der Waals surface area contributed by atoms with Crippen LogP contribution in [0.2, 0.25) is 0 Å². The molecule has 2 aromatic rings. The summed E-state index contributed by atoms with van der Waals surface area (Å²) in [6.07, 6.45) is 5.25. The number of hydrogen-bond donors (Lipinski definition) is 0. The van der Waals surface area contributed by atoms with Gasteiger partial charge in [0.2, 0.25) is 12.6 Å². The smallest absolute Gasteiger partial charge is 0.234 e. The van der Waals surface area contributed by atoms with Gasteiger partial charge >= 0.3 is 0 Å². The number of fused-ring (bicyclic) bond motifs is 1. The number of benzene rings is 1. The summed E-state index contributed by atoms with van der Waals surface area (Å²) >= 11 is 0. The molecule has 1 aromatic carbocycles. The van der Waals surface area contributed by atoms with Crippen molar-refractivity contribution in [1.82, 2.24) is 9.97 Å². The van der Waals surface area contributed by atoms with Crippen molar-refractivity contribution in [1.29, 1.82) is 5.26 Å². The fraction of sp³-hybridized carbons (Fsp3) is 0.500. The van der Waals surface area contributed by atoms with E-state index in [1.165, 1.54) is 0 Å². The van der Waals surface area contributed by atoms with Crippen molar-refractivity contribution in [2.45, 2.75) is 52.1 Å². The molecule has 0 amide bonds. The molecule has 0 saturated heterocycles. The highest BCUT2D eigenvalue weighted by Crippen LogP contribution is 2.37. The number of nitriles is 1. The maximum absolute atomic E-state index is 14.7. The maximum Gasteiger partial charge on any atom is 0.234 e. The van der Waals surface area contributed by atoms with Crippen molar-refractivity contribution in [2.75, 3.05) is 11.7 Å². The minimum Gasteiger partial charge on any atom is -0.454 e. The maximum atomic E-state index is 14.7. The summed E-state index contributed by atoms with van der Waals surface area (Å²) in [6, 6.07) is 7.85. The molecule has 0 radical (unpaired) electrons. The van der Waals surface area contributed by atoms with E-state index in [1.54, 1.807) is 0 Å². The first kappa shape index (κ1) is 19.4. The summed E-state index contributed by atoms with van der Waals surface area (Å²) < 4.78 is 25.6. The lowest BCUT2D eigenvalue weighted by Crippen LogP contribution is -2.39.